The van der Waals surface area contributed by atoms with Gasteiger partial charge in [0, 0.05) is 23.6 Å². The molecular formula is C19H23FN4O4S. The zero-order valence-corrected chi connectivity index (χ0v) is 17.6. The molecule has 8 nitrogen and oxygen atoms in total. The summed E-state index contributed by atoms with van der Waals surface area (Å²) in [6, 6.07) is 3.39. The van der Waals surface area contributed by atoms with Gasteiger partial charge in [-0.25, -0.2) is 14.2 Å². The minimum Gasteiger partial charge on any atom is -0.444 e. The number of anilines is 2. The number of halogens is 1. The van der Waals surface area contributed by atoms with Crippen LogP contribution in [0.1, 0.15) is 34.6 Å². The number of rotatable bonds is 5. The van der Waals surface area contributed by atoms with Crippen LogP contribution in [0.25, 0.3) is 11.3 Å². The van der Waals surface area contributed by atoms with Crippen molar-refractivity contribution in [3.63, 3.8) is 0 Å². The lowest BCUT2D eigenvalue weighted by atomic mass is 10.1. The number of nitrogens with one attached hydrogen (secondary N) is 3. The molecule has 1 heterocycles. The topological polar surface area (TPSA) is 109 Å². The van der Waals surface area contributed by atoms with Gasteiger partial charge in [0.05, 0.1) is 5.69 Å². The number of carbonyl (C=O) groups excluding carboxylic acids is 3. The molecule has 10 heteroatoms. The summed E-state index contributed by atoms with van der Waals surface area (Å²) in [4.78, 5) is 39.3. The maximum atomic E-state index is 14.3. The van der Waals surface area contributed by atoms with Gasteiger partial charge in [0.15, 0.2) is 5.13 Å². The third-order valence-electron chi connectivity index (χ3n) is 3.43. The number of thiazole rings is 1. The number of carbonyl (C=O) groups is 3. The Hall–Kier alpha value is -3.01. The summed E-state index contributed by atoms with van der Waals surface area (Å²) >= 11 is 1.12. The summed E-state index contributed by atoms with van der Waals surface area (Å²) in [7, 11) is 0. The van der Waals surface area contributed by atoms with Crippen LogP contribution in [0.3, 0.4) is 0 Å². The summed E-state index contributed by atoms with van der Waals surface area (Å²) in [6.45, 7) is 8.00. The molecule has 0 saturated carbocycles. The van der Waals surface area contributed by atoms with Crippen molar-refractivity contribution in [1.29, 1.82) is 0 Å². The van der Waals surface area contributed by atoms with E-state index in [1.165, 1.54) is 26.0 Å². The molecule has 0 aliphatic carbocycles. The summed E-state index contributed by atoms with van der Waals surface area (Å²) in [5, 5.41) is 9.36. The maximum Gasteiger partial charge on any atom is 0.408 e. The molecule has 0 aliphatic heterocycles. The summed E-state index contributed by atoms with van der Waals surface area (Å²) < 4.78 is 19.4. The number of aromatic nitrogens is 1. The molecule has 0 aliphatic rings. The molecule has 0 saturated heterocycles. The quantitative estimate of drug-likeness (QED) is 0.680. The van der Waals surface area contributed by atoms with Crippen LogP contribution in [-0.2, 0) is 14.3 Å². The minimum atomic E-state index is -0.856. The lowest BCUT2D eigenvalue weighted by Gasteiger charge is -2.21. The molecule has 2 rings (SSSR count). The normalized spacial score (nSPS) is 12.1. The number of hydrogen-bond acceptors (Lipinski definition) is 6. The van der Waals surface area contributed by atoms with Gasteiger partial charge in [0.1, 0.15) is 17.5 Å². The van der Waals surface area contributed by atoms with E-state index in [2.05, 4.69) is 20.9 Å². The van der Waals surface area contributed by atoms with Gasteiger partial charge in [-0.2, -0.15) is 0 Å². The fourth-order valence-corrected chi connectivity index (χ4v) is 2.94. The van der Waals surface area contributed by atoms with Crippen LogP contribution in [0.15, 0.2) is 23.6 Å². The van der Waals surface area contributed by atoms with Gasteiger partial charge < -0.3 is 20.7 Å². The van der Waals surface area contributed by atoms with Gasteiger partial charge in [-0.15, -0.1) is 11.3 Å². The van der Waals surface area contributed by atoms with Gasteiger partial charge in [-0.05, 0) is 45.9 Å². The van der Waals surface area contributed by atoms with Crippen LogP contribution in [0.5, 0.6) is 0 Å². The Kier molecular flexibility index (Phi) is 6.91. The molecule has 3 amide bonds. The number of hydrogen-bond donors (Lipinski definition) is 3. The Balaban J connectivity index is 2.02. The number of ether oxygens (including phenoxy) is 1. The number of alkyl carbamates (subject to hydrolysis) is 1. The fraction of sp³-hybridized carbons (Fsp3) is 0.368. The van der Waals surface area contributed by atoms with Crippen LogP contribution in [-0.4, -0.2) is 34.5 Å². The first kappa shape index (κ1) is 22.3. The van der Waals surface area contributed by atoms with E-state index in [0.717, 1.165) is 11.3 Å². The zero-order valence-electron chi connectivity index (χ0n) is 16.8. The highest BCUT2D eigenvalue weighted by Crippen LogP contribution is 2.28. The number of nitrogens with zero attached hydrogens (tertiary/aromatic N) is 1. The third kappa shape index (κ3) is 6.83. The van der Waals surface area contributed by atoms with Crippen LogP contribution in [0.2, 0.25) is 0 Å². The van der Waals surface area contributed by atoms with E-state index >= 15 is 0 Å². The second-order valence-electron chi connectivity index (χ2n) is 7.27. The fourth-order valence-electron chi connectivity index (χ4n) is 2.22. The highest BCUT2D eigenvalue weighted by atomic mass is 32.1. The first-order valence-electron chi connectivity index (χ1n) is 8.78. The average molecular weight is 422 g/mol. The van der Waals surface area contributed by atoms with E-state index in [-0.39, 0.29) is 16.6 Å². The first-order chi connectivity index (χ1) is 13.4. The van der Waals surface area contributed by atoms with E-state index in [0.29, 0.717) is 11.4 Å². The molecule has 29 heavy (non-hydrogen) atoms. The van der Waals surface area contributed by atoms with Crippen molar-refractivity contribution < 1.29 is 23.5 Å². The third-order valence-corrected chi connectivity index (χ3v) is 4.18. The lowest BCUT2D eigenvalue weighted by molar-refractivity contribution is -0.118. The highest BCUT2D eigenvalue weighted by molar-refractivity contribution is 7.14. The largest absolute Gasteiger partial charge is 0.444 e. The SMILES string of the molecule is CC(=O)Nc1ccc(-c2csc(NC(=O)C(C)NC(=O)OC(C)(C)C)n2)c(F)c1. The van der Waals surface area contributed by atoms with Crippen molar-refractivity contribution in [3.8, 4) is 11.3 Å². The average Bonchev–Trinajstić information content (AvgIpc) is 3.00. The predicted octanol–water partition coefficient (Wildman–Crippen LogP) is 3.76. The molecule has 3 N–H and O–H groups in total. The summed E-state index contributed by atoms with van der Waals surface area (Å²) in [5.41, 5.74) is 0.231. The zero-order chi connectivity index (χ0) is 21.8. The molecule has 0 radical (unpaired) electrons. The Morgan fingerprint density at radius 1 is 1.21 bits per heavy atom. The van der Waals surface area contributed by atoms with Crippen LogP contribution >= 0.6 is 11.3 Å². The maximum absolute atomic E-state index is 14.3. The van der Waals surface area contributed by atoms with Crippen LogP contribution in [0.4, 0.5) is 20.0 Å². The Morgan fingerprint density at radius 2 is 1.90 bits per heavy atom. The van der Waals surface area contributed by atoms with E-state index in [1.54, 1.807) is 32.2 Å². The van der Waals surface area contributed by atoms with Crippen molar-refractivity contribution in [3.05, 3.63) is 29.4 Å². The van der Waals surface area contributed by atoms with E-state index in [4.69, 9.17) is 4.74 Å². The van der Waals surface area contributed by atoms with E-state index in [9.17, 15) is 18.8 Å². The molecular weight excluding hydrogens is 399 g/mol. The van der Waals surface area contributed by atoms with Gasteiger partial charge in [-0.3, -0.25) is 9.59 Å². The van der Waals surface area contributed by atoms with Crippen molar-refractivity contribution in [2.24, 2.45) is 0 Å². The molecule has 1 unspecified atom stereocenters. The van der Waals surface area contributed by atoms with E-state index in [1.807, 2.05) is 0 Å². The molecule has 2 aromatic rings. The monoisotopic (exact) mass is 422 g/mol. The summed E-state index contributed by atoms with van der Waals surface area (Å²) in [6.07, 6.45) is -0.707. The highest BCUT2D eigenvalue weighted by Gasteiger charge is 2.22. The lowest BCUT2D eigenvalue weighted by Crippen LogP contribution is -2.43. The molecule has 0 spiro atoms. The Morgan fingerprint density at radius 3 is 2.48 bits per heavy atom. The minimum absolute atomic E-state index is 0.232. The van der Waals surface area contributed by atoms with E-state index < -0.39 is 29.5 Å². The van der Waals surface area contributed by atoms with Gasteiger partial charge in [0.25, 0.3) is 0 Å². The number of amides is 3. The van der Waals surface area contributed by atoms with Crippen molar-refractivity contribution in [1.82, 2.24) is 10.3 Å². The molecule has 1 atom stereocenters. The van der Waals surface area contributed by atoms with Gasteiger partial charge >= 0.3 is 6.09 Å². The predicted molar refractivity (Wildman–Crippen MR) is 109 cm³/mol. The summed E-state index contributed by atoms with van der Waals surface area (Å²) in [5.74, 6) is -1.34. The second-order valence-corrected chi connectivity index (χ2v) is 8.13. The smallest absolute Gasteiger partial charge is 0.408 e. The van der Waals surface area contributed by atoms with Crippen molar-refractivity contribution >= 4 is 40.1 Å². The Labute approximate surface area is 171 Å². The standard InChI is InChI=1S/C19H23FN4O4S/c1-10(21-18(27)28-19(3,4)5)16(26)24-17-23-15(9-29-17)13-7-6-12(8-14(13)20)22-11(2)25/h6-10H,1-5H3,(H,21,27)(H,22,25)(H,23,24,26). The van der Waals surface area contributed by atoms with Crippen LogP contribution < -0.4 is 16.0 Å². The second kappa shape index (κ2) is 8.99. The molecule has 1 aromatic carbocycles. The molecule has 0 fully saturated rings. The first-order valence-corrected chi connectivity index (χ1v) is 9.66. The van der Waals surface area contributed by atoms with Crippen molar-refractivity contribution in [2.45, 2.75) is 46.3 Å². The van der Waals surface area contributed by atoms with Crippen molar-refractivity contribution in [2.75, 3.05) is 10.6 Å². The van der Waals surface area contributed by atoms with Crippen LogP contribution in [0, 0.1) is 5.82 Å². The molecule has 0 bridgehead atoms. The Bertz CT molecular complexity index is 923. The molecule has 1 aromatic heterocycles. The van der Waals surface area contributed by atoms with Gasteiger partial charge in [0.2, 0.25) is 11.8 Å². The molecule has 156 valence electrons. The van der Waals surface area contributed by atoms with Gasteiger partial charge in [-0.1, -0.05) is 0 Å². The number of benzene rings is 1.